The SMILES string of the molecule is CCCC(=O)O[C@@]1(C)CC[C@H](OC(C)=O)[C@@](C)(O)C[C@H]2O[C@@H]1[C@@H]1[C@@H](C(C)C)[C@H](O)C[C@@](C)(OC(C)=O)[C@@H]12. The van der Waals surface area contributed by atoms with Crippen LogP contribution in [0.4, 0.5) is 0 Å². The van der Waals surface area contributed by atoms with Crippen LogP contribution in [0.5, 0.6) is 0 Å². The van der Waals surface area contributed by atoms with E-state index in [1.807, 2.05) is 34.6 Å². The Balaban J connectivity index is 2.19. The van der Waals surface area contributed by atoms with E-state index in [1.54, 1.807) is 6.92 Å². The molecule has 0 aromatic heterocycles. The number of hydrogen-bond acceptors (Lipinski definition) is 9. The van der Waals surface area contributed by atoms with Gasteiger partial charge in [-0.25, -0.2) is 0 Å². The molecule has 2 bridgehead atoms. The first-order valence-corrected chi connectivity index (χ1v) is 13.7. The molecule has 3 rings (SSSR count). The zero-order valence-corrected chi connectivity index (χ0v) is 23.6. The molecule has 0 unspecified atom stereocenters. The van der Waals surface area contributed by atoms with Crippen LogP contribution >= 0.6 is 0 Å². The predicted molar refractivity (Wildman–Crippen MR) is 134 cm³/mol. The lowest BCUT2D eigenvalue weighted by Gasteiger charge is -2.53. The molecule has 2 aliphatic heterocycles. The molecule has 10 atom stereocenters. The molecule has 0 aromatic rings. The quantitative estimate of drug-likeness (QED) is 0.396. The molecular formula is C28H46O9. The molecular weight excluding hydrogens is 480 g/mol. The predicted octanol–water partition coefficient (Wildman–Crippen LogP) is 3.31. The van der Waals surface area contributed by atoms with E-state index < -0.39 is 53.2 Å². The molecule has 37 heavy (non-hydrogen) atoms. The molecule has 2 saturated heterocycles. The number of hydrogen-bond donors (Lipinski definition) is 2. The molecule has 1 saturated carbocycles. The van der Waals surface area contributed by atoms with Gasteiger partial charge in [0.15, 0.2) is 0 Å². The molecule has 3 fully saturated rings. The fourth-order valence-electron chi connectivity index (χ4n) is 7.46. The first-order chi connectivity index (χ1) is 17.0. The van der Waals surface area contributed by atoms with Gasteiger partial charge >= 0.3 is 17.9 Å². The highest BCUT2D eigenvalue weighted by atomic mass is 16.6. The van der Waals surface area contributed by atoms with Gasteiger partial charge in [-0.1, -0.05) is 20.8 Å². The van der Waals surface area contributed by atoms with Gasteiger partial charge in [0, 0.05) is 44.9 Å². The molecule has 2 N–H and O–H groups in total. The lowest BCUT2D eigenvalue weighted by Crippen LogP contribution is -2.61. The van der Waals surface area contributed by atoms with Crippen LogP contribution in [0.1, 0.15) is 93.9 Å². The Morgan fingerprint density at radius 2 is 1.68 bits per heavy atom. The highest BCUT2D eigenvalue weighted by Crippen LogP contribution is 2.58. The lowest BCUT2D eigenvalue weighted by atomic mass is 9.56. The van der Waals surface area contributed by atoms with Gasteiger partial charge in [-0.2, -0.15) is 0 Å². The van der Waals surface area contributed by atoms with Gasteiger partial charge in [0.1, 0.15) is 29.0 Å². The minimum Gasteiger partial charge on any atom is -0.460 e. The largest absolute Gasteiger partial charge is 0.460 e. The molecule has 0 spiro atoms. The molecule has 9 nitrogen and oxygen atoms in total. The van der Waals surface area contributed by atoms with Gasteiger partial charge in [0.2, 0.25) is 0 Å². The first-order valence-electron chi connectivity index (χ1n) is 13.7. The summed E-state index contributed by atoms with van der Waals surface area (Å²) in [5, 5.41) is 23.0. The lowest BCUT2D eigenvalue weighted by molar-refractivity contribution is -0.197. The fourth-order valence-corrected chi connectivity index (χ4v) is 7.46. The number of aliphatic hydroxyl groups is 2. The van der Waals surface area contributed by atoms with Crippen molar-refractivity contribution in [2.75, 3.05) is 0 Å². The molecule has 0 aromatic carbocycles. The first kappa shape index (κ1) is 29.8. The van der Waals surface area contributed by atoms with Crippen LogP contribution < -0.4 is 0 Å². The monoisotopic (exact) mass is 526 g/mol. The average molecular weight is 527 g/mol. The molecule has 2 heterocycles. The maximum atomic E-state index is 12.8. The molecule has 3 aliphatic rings. The highest BCUT2D eigenvalue weighted by molar-refractivity contribution is 5.70. The Bertz CT molecular complexity index is 870. The van der Waals surface area contributed by atoms with Gasteiger partial charge in [-0.15, -0.1) is 0 Å². The van der Waals surface area contributed by atoms with E-state index in [4.69, 9.17) is 18.9 Å². The summed E-state index contributed by atoms with van der Waals surface area (Å²) in [6.07, 6.45) is -1.05. The van der Waals surface area contributed by atoms with Gasteiger partial charge in [-0.05, 0) is 51.9 Å². The van der Waals surface area contributed by atoms with E-state index in [9.17, 15) is 24.6 Å². The maximum Gasteiger partial charge on any atom is 0.306 e. The Morgan fingerprint density at radius 3 is 2.22 bits per heavy atom. The number of aliphatic hydroxyl groups excluding tert-OH is 1. The van der Waals surface area contributed by atoms with Crippen LogP contribution in [0.3, 0.4) is 0 Å². The van der Waals surface area contributed by atoms with Crippen LogP contribution in [-0.4, -0.2) is 69.3 Å². The number of esters is 3. The molecule has 212 valence electrons. The zero-order valence-electron chi connectivity index (χ0n) is 23.6. The Labute approximate surface area is 220 Å². The fraction of sp³-hybridized carbons (Fsp3) is 0.893. The van der Waals surface area contributed by atoms with Crippen molar-refractivity contribution in [1.29, 1.82) is 0 Å². The third-order valence-corrected chi connectivity index (χ3v) is 8.76. The number of ether oxygens (including phenoxy) is 4. The van der Waals surface area contributed by atoms with E-state index in [0.29, 0.717) is 6.42 Å². The van der Waals surface area contributed by atoms with Crippen molar-refractivity contribution in [3.63, 3.8) is 0 Å². The van der Waals surface area contributed by atoms with E-state index in [-0.39, 0.29) is 61.7 Å². The number of carbonyl (C=O) groups is 3. The molecule has 1 aliphatic carbocycles. The maximum absolute atomic E-state index is 12.8. The Hall–Kier alpha value is -1.71. The summed E-state index contributed by atoms with van der Waals surface area (Å²) in [5.41, 5.74) is -3.64. The third-order valence-electron chi connectivity index (χ3n) is 8.76. The van der Waals surface area contributed by atoms with E-state index in [0.717, 1.165) is 0 Å². The molecule has 0 radical (unpaired) electrons. The zero-order chi connectivity index (χ0) is 27.9. The van der Waals surface area contributed by atoms with E-state index >= 15 is 0 Å². The van der Waals surface area contributed by atoms with Crippen LogP contribution in [0, 0.1) is 23.7 Å². The topological polar surface area (TPSA) is 129 Å². The van der Waals surface area contributed by atoms with Gasteiger partial charge < -0.3 is 29.2 Å². The molecule has 9 heteroatoms. The normalized spacial score (nSPS) is 43.7. The van der Waals surface area contributed by atoms with Gasteiger partial charge in [0.25, 0.3) is 0 Å². The van der Waals surface area contributed by atoms with Crippen molar-refractivity contribution in [2.24, 2.45) is 23.7 Å². The van der Waals surface area contributed by atoms with Crippen molar-refractivity contribution >= 4 is 17.9 Å². The summed E-state index contributed by atoms with van der Waals surface area (Å²) in [5.74, 6) is -2.16. The number of rotatable bonds is 6. The summed E-state index contributed by atoms with van der Waals surface area (Å²) in [6, 6.07) is 0. The van der Waals surface area contributed by atoms with Crippen molar-refractivity contribution in [3.8, 4) is 0 Å². The summed E-state index contributed by atoms with van der Waals surface area (Å²) < 4.78 is 24.4. The van der Waals surface area contributed by atoms with E-state index in [1.165, 1.54) is 13.8 Å². The second kappa shape index (κ2) is 10.8. The van der Waals surface area contributed by atoms with Gasteiger partial charge in [0.05, 0.1) is 12.2 Å². The van der Waals surface area contributed by atoms with Crippen molar-refractivity contribution in [1.82, 2.24) is 0 Å². The minimum atomic E-state index is -1.45. The third kappa shape index (κ3) is 5.98. The Morgan fingerprint density at radius 1 is 1.03 bits per heavy atom. The van der Waals surface area contributed by atoms with Crippen LogP contribution in [0.2, 0.25) is 0 Å². The smallest absolute Gasteiger partial charge is 0.306 e. The van der Waals surface area contributed by atoms with Crippen molar-refractivity contribution in [3.05, 3.63) is 0 Å². The second-order valence-electron chi connectivity index (χ2n) is 12.4. The summed E-state index contributed by atoms with van der Waals surface area (Å²) in [4.78, 5) is 37.0. The average Bonchev–Trinajstić information content (AvgIpc) is 3.10. The summed E-state index contributed by atoms with van der Waals surface area (Å²) in [7, 11) is 0. The van der Waals surface area contributed by atoms with Crippen molar-refractivity contribution in [2.45, 2.75) is 135 Å². The highest BCUT2D eigenvalue weighted by Gasteiger charge is 2.67. The van der Waals surface area contributed by atoms with Crippen molar-refractivity contribution < 1.29 is 43.5 Å². The number of carbonyl (C=O) groups excluding carboxylic acids is 3. The van der Waals surface area contributed by atoms with Gasteiger partial charge in [-0.3, -0.25) is 14.4 Å². The minimum absolute atomic E-state index is 0.0714. The molecule has 0 amide bonds. The second-order valence-corrected chi connectivity index (χ2v) is 12.4. The van der Waals surface area contributed by atoms with Crippen LogP contribution in [0.25, 0.3) is 0 Å². The summed E-state index contributed by atoms with van der Waals surface area (Å²) in [6.45, 7) is 13.9. The van der Waals surface area contributed by atoms with E-state index in [2.05, 4.69) is 0 Å². The standard InChI is InChI=1S/C28H46O9/c1-9-10-21(32)37-27(7)12-11-20(34-16(4)29)26(6,33)14-19-24-23(25(27)35-19)22(15(2)3)18(31)13-28(24,8)36-17(5)30/h15,18-20,22-25,31,33H,9-14H2,1-8H3/t18-,19-,20+,22+,23-,24-,25-,26+,27+,28-/m1/s1. The summed E-state index contributed by atoms with van der Waals surface area (Å²) >= 11 is 0. The Kier molecular flexibility index (Phi) is 8.72. The van der Waals surface area contributed by atoms with Crippen LogP contribution in [0.15, 0.2) is 0 Å². The van der Waals surface area contributed by atoms with Crippen LogP contribution in [-0.2, 0) is 33.3 Å². The number of fused-ring (bicyclic) bond motifs is 5.